The molecule has 1 fully saturated rings. The highest BCUT2D eigenvalue weighted by atomic mass is 16.7. The monoisotopic (exact) mass is 773 g/mol. The second-order valence-electron chi connectivity index (χ2n) is 14.0. The van der Waals surface area contributed by atoms with Crippen LogP contribution in [0.25, 0.3) is 0 Å². The third-order valence-corrected chi connectivity index (χ3v) is 9.06. The van der Waals surface area contributed by atoms with Crippen LogP contribution in [0.4, 0.5) is 0 Å². The van der Waals surface area contributed by atoms with Gasteiger partial charge in [0.2, 0.25) is 0 Å². The van der Waals surface area contributed by atoms with Gasteiger partial charge >= 0.3 is 5.97 Å². The van der Waals surface area contributed by atoms with Crippen LogP contribution >= 0.6 is 0 Å². The van der Waals surface area contributed by atoms with Crippen molar-refractivity contribution in [2.75, 3.05) is 26.4 Å². The van der Waals surface area contributed by atoms with Gasteiger partial charge in [0.25, 0.3) is 0 Å². The summed E-state index contributed by atoms with van der Waals surface area (Å²) in [5.41, 5.74) is 0. The van der Waals surface area contributed by atoms with E-state index in [1.54, 1.807) is 0 Å². The first-order valence-electron chi connectivity index (χ1n) is 21.2. The molecule has 1 aliphatic heterocycles. The summed E-state index contributed by atoms with van der Waals surface area (Å²) in [4.78, 5) is 12.7. The van der Waals surface area contributed by atoms with E-state index in [9.17, 15) is 25.2 Å². The molecule has 6 unspecified atom stereocenters. The second-order valence-corrected chi connectivity index (χ2v) is 14.0. The molecule has 1 heterocycles. The average molecular weight is 773 g/mol. The minimum absolute atomic E-state index is 0.105. The van der Waals surface area contributed by atoms with Crippen molar-refractivity contribution in [3.05, 3.63) is 85.1 Å². The van der Waals surface area contributed by atoms with E-state index >= 15 is 0 Å². The van der Waals surface area contributed by atoms with Gasteiger partial charge in [-0.3, -0.25) is 4.79 Å². The maximum absolute atomic E-state index is 12.7. The highest BCUT2D eigenvalue weighted by molar-refractivity contribution is 5.69. The summed E-state index contributed by atoms with van der Waals surface area (Å²) in [6, 6.07) is 0. The Labute approximate surface area is 333 Å². The molecule has 9 heteroatoms. The van der Waals surface area contributed by atoms with E-state index in [1.807, 2.05) is 12.2 Å². The zero-order valence-electron chi connectivity index (χ0n) is 34.1. The van der Waals surface area contributed by atoms with Crippen molar-refractivity contribution in [2.24, 2.45) is 0 Å². The number of carbonyl (C=O) groups excluding carboxylic acids is 1. The molecule has 0 aliphatic carbocycles. The van der Waals surface area contributed by atoms with Crippen molar-refractivity contribution in [3.8, 4) is 0 Å². The van der Waals surface area contributed by atoms with E-state index in [0.29, 0.717) is 13.0 Å². The number of hydrogen-bond donors (Lipinski definition) is 4. The molecule has 1 aliphatic rings. The van der Waals surface area contributed by atoms with Gasteiger partial charge in [0.15, 0.2) is 6.29 Å². The van der Waals surface area contributed by atoms with Gasteiger partial charge < -0.3 is 39.4 Å². The van der Waals surface area contributed by atoms with Crippen molar-refractivity contribution in [2.45, 2.75) is 173 Å². The van der Waals surface area contributed by atoms with E-state index in [4.69, 9.17) is 18.9 Å². The molecular formula is C46H76O9. The number of aliphatic hydroxyl groups is 4. The summed E-state index contributed by atoms with van der Waals surface area (Å²) in [6.45, 7) is 4.29. The standard InChI is InChI=1S/C46H76O9/c1-3-5-7-9-11-13-15-17-18-19-20-21-22-23-25-27-29-31-33-35-42(48)54-40(39-53-46-45(51)44(50)43(49)41(37-47)55-46)38-52-36-34-32-30-28-26-24-16-14-12-10-8-6-4-2/h5,7,11-14,17-18,20-21,23,25,29,31,40-41,43-47,49-51H,3-4,6,8-10,15-16,19,22,24,26-28,30,32-39H2,1-2H3/b7-5-,13-11-,14-12-,18-17-,21-20-,25-23-,31-29-. The minimum Gasteiger partial charge on any atom is -0.457 e. The molecule has 0 radical (unpaired) electrons. The molecule has 0 amide bonds. The van der Waals surface area contributed by atoms with Gasteiger partial charge in [0, 0.05) is 13.0 Å². The number of rotatable bonds is 34. The van der Waals surface area contributed by atoms with Gasteiger partial charge in [0.05, 0.1) is 19.8 Å². The normalized spacial score (nSPS) is 21.6. The van der Waals surface area contributed by atoms with Gasteiger partial charge in [-0.15, -0.1) is 0 Å². The van der Waals surface area contributed by atoms with Gasteiger partial charge in [-0.25, -0.2) is 0 Å². The van der Waals surface area contributed by atoms with E-state index in [0.717, 1.165) is 64.2 Å². The number of allylic oxidation sites excluding steroid dienone is 14. The smallest absolute Gasteiger partial charge is 0.306 e. The lowest BCUT2D eigenvalue weighted by Gasteiger charge is -2.39. The van der Waals surface area contributed by atoms with Crippen LogP contribution in [0, 0.1) is 0 Å². The van der Waals surface area contributed by atoms with E-state index in [1.165, 1.54) is 44.9 Å². The van der Waals surface area contributed by atoms with Gasteiger partial charge in [0.1, 0.15) is 30.5 Å². The molecular weight excluding hydrogens is 696 g/mol. The highest BCUT2D eigenvalue weighted by Crippen LogP contribution is 2.22. The average Bonchev–Trinajstić information content (AvgIpc) is 3.18. The van der Waals surface area contributed by atoms with Crippen LogP contribution in [0.1, 0.15) is 136 Å². The van der Waals surface area contributed by atoms with Crippen LogP contribution < -0.4 is 0 Å². The number of carbonyl (C=O) groups is 1. The van der Waals surface area contributed by atoms with Crippen molar-refractivity contribution < 1.29 is 44.2 Å². The molecule has 0 spiro atoms. The number of ether oxygens (including phenoxy) is 4. The van der Waals surface area contributed by atoms with E-state index in [2.05, 4.69) is 86.8 Å². The second kappa shape index (κ2) is 37.0. The van der Waals surface area contributed by atoms with Crippen molar-refractivity contribution >= 4 is 5.97 Å². The SMILES string of the molecule is CC/C=C\C/C=C\C/C=C\C/C=C\C/C=C\C/C=C\CCC(=O)OC(COCCCCCCCC/C=C\CCCCC)COC1OC(CO)C(O)C(O)C1O. The van der Waals surface area contributed by atoms with Gasteiger partial charge in [-0.05, 0) is 77.0 Å². The van der Waals surface area contributed by atoms with Crippen molar-refractivity contribution in [1.29, 1.82) is 0 Å². The van der Waals surface area contributed by atoms with Crippen LogP contribution in [0.3, 0.4) is 0 Å². The number of aliphatic hydroxyl groups excluding tert-OH is 4. The predicted octanol–water partition coefficient (Wildman–Crippen LogP) is 9.08. The van der Waals surface area contributed by atoms with Gasteiger partial charge in [-0.2, -0.15) is 0 Å². The number of esters is 1. The Morgan fingerprint density at radius 1 is 0.600 bits per heavy atom. The molecule has 0 aromatic carbocycles. The molecule has 0 saturated carbocycles. The quantitative estimate of drug-likeness (QED) is 0.0287. The Morgan fingerprint density at radius 2 is 1.11 bits per heavy atom. The summed E-state index contributed by atoms with van der Waals surface area (Å²) in [5, 5.41) is 40.0. The third-order valence-electron chi connectivity index (χ3n) is 9.06. The Bertz CT molecular complexity index is 1110. The summed E-state index contributed by atoms with van der Waals surface area (Å²) < 4.78 is 22.7. The minimum atomic E-state index is -1.55. The summed E-state index contributed by atoms with van der Waals surface area (Å²) in [6.07, 6.45) is 41.9. The van der Waals surface area contributed by atoms with Crippen LogP contribution in [-0.4, -0.2) is 89.6 Å². The fourth-order valence-corrected chi connectivity index (χ4v) is 5.75. The predicted molar refractivity (Wildman–Crippen MR) is 223 cm³/mol. The molecule has 1 rings (SSSR count). The lowest BCUT2D eigenvalue weighted by Crippen LogP contribution is -2.59. The lowest BCUT2D eigenvalue weighted by molar-refractivity contribution is -0.305. The van der Waals surface area contributed by atoms with Crippen LogP contribution in [0.15, 0.2) is 85.1 Å². The largest absolute Gasteiger partial charge is 0.457 e. The number of hydrogen-bond acceptors (Lipinski definition) is 9. The maximum atomic E-state index is 12.7. The highest BCUT2D eigenvalue weighted by Gasteiger charge is 2.44. The maximum Gasteiger partial charge on any atom is 0.306 e. The first-order chi connectivity index (χ1) is 26.9. The summed E-state index contributed by atoms with van der Waals surface area (Å²) in [7, 11) is 0. The third kappa shape index (κ3) is 28.4. The molecule has 314 valence electrons. The summed E-state index contributed by atoms with van der Waals surface area (Å²) >= 11 is 0. The Hall–Kier alpha value is -2.63. The Kier molecular flexibility index (Phi) is 33.9. The zero-order valence-corrected chi connectivity index (χ0v) is 34.1. The first kappa shape index (κ1) is 50.4. The molecule has 0 aromatic rings. The molecule has 9 nitrogen and oxygen atoms in total. The Balaban J connectivity index is 2.37. The van der Waals surface area contributed by atoms with Crippen LogP contribution in [-0.2, 0) is 23.7 Å². The van der Waals surface area contributed by atoms with Crippen LogP contribution in [0.2, 0.25) is 0 Å². The molecule has 55 heavy (non-hydrogen) atoms. The van der Waals surface area contributed by atoms with Crippen LogP contribution in [0.5, 0.6) is 0 Å². The molecule has 1 saturated heterocycles. The lowest BCUT2D eigenvalue weighted by atomic mass is 9.99. The Morgan fingerprint density at radius 3 is 1.67 bits per heavy atom. The van der Waals surface area contributed by atoms with E-state index in [-0.39, 0.29) is 19.6 Å². The molecule has 4 N–H and O–H groups in total. The fraction of sp³-hybridized carbons (Fsp3) is 0.674. The number of unbranched alkanes of at least 4 members (excludes halogenated alkanes) is 9. The molecule has 6 atom stereocenters. The first-order valence-corrected chi connectivity index (χ1v) is 21.2. The van der Waals surface area contributed by atoms with Gasteiger partial charge in [-0.1, -0.05) is 137 Å². The zero-order chi connectivity index (χ0) is 40.0. The van der Waals surface area contributed by atoms with Crippen molar-refractivity contribution in [3.63, 3.8) is 0 Å². The van der Waals surface area contributed by atoms with E-state index < -0.39 is 49.4 Å². The molecule has 0 aromatic heterocycles. The summed E-state index contributed by atoms with van der Waals surface area (Å²) in [5.74, 6) is -0.402. The topological polar surface area (TPSA) is 135 Å². The van der Waals surface area contributed by atoms with Crippen molar-refractivity contribution in [1.82, 2.24) is 0 Å². The molecule has 0 bridgehead atoms. The fourth-order valence-electron chi connectivity index (χ4n) is 5.75.